The van der Waals surface area contributed by atoms with Crippen molar-refractivity contribution in [3.8, 4) is 22.9 Å². The number of amides is 2. The minimum Gasteiger partial charge on any atom is -0.435 e. The second kappa shape index (κ2) is 9.55. The Morgan fingerprint density at radius 3 is 2.75 bits per heavy atom. The first-order valence-corrected chi connectivity index (χ1v) is 11.6. The van der Waals surface area contributed by atoms with Gasteiger partial charge >= 0.3 is 0 Å². The van der Waals surface area contributed by atoms with Crippen molar-refractivity contribution in [3.63, 3.8) is 0 Å². The summed E-state index contributed by atoms with van der Waals surface area (Å²) in [5, 5.41) is 7.41. The van der Waals surface area contributed by atoms with E-state index < -0.39 is 11.7 Å². The van der Waals surface area contributed by atoms with Crippen LogP contribution >= 0.6 is 11.3 Å². The number of carbonyl (C=O) groups is 2. The van der Waals surface area contributed by atoms with Crippen LogP contribution in [0.25, 0.3) is 21.5 Å². The number of nitrogens with zero attached hydrogens (tertiary/aromatic N) is 4. The number of fused-ring (bicyclic) bond motifs is 1. The fourth-order valence-corrected chi connectivity index (χ4v) is 4.51. The summed E-state index contributed by atoms with van der Waals surface area (Å²) in [6.07, 6.45) is 3.06. The Bertz CT molecular complexity index is 1610. The number of aromatic nitrogens is 4. The maximum Gasteiger partial charge on any atom is 0.254 e. The number of hydrogen-bond donors (Lipinski definition) is 2. The third-order valence-electron chi connectivity index (χ3n) is 5.35. The third-order valence-corrected chi connectivity index (χ3v) is 6.31. The van der Waals surface area contributed by atoms with Crippen molar-refractivity contribution in [2.75, 3.05) is 5.32 Å². The Hall–Kier alpha value is -4.64. The minimum absolute atomic E-state index is 0.0311. The second-order valence-corrected chi connectivity index (χ2v) is 8.88. The predicted molar refractivity (Wildman–Crippen MR) is 133 cm³/mol. The van der Waals surface area contributed by atoms with Crippen LogP contribution in [0.2, 0.25) is 0 Å². The topological polar surface area (TPSA) is 125 Å². The molecular weight excluding hydrogens is 483 g/mol. The van der Waals surface area contributed by atoms with E-state index in [1.807, 2.05) is 31.3 Å². The zero-order valence-electron chi connectivity index (χ0n) is 18.9. The Labute approximate surface area is 208 Å². The van der Waals surface area contributed by atoms with Gasteiger partial charge in [-0.25, -0.2) is 14.4 Å². The molecule has 0 aliphatic heterocycles. The Balaban J connectivity index is 1.27. The van der Waals surface area contributed by atoms with Gasteiger partial charge in [0.15, 0.2) is 16.7 Å². The van der Waals surface area contributed by atoms with Crippen molar-refractivity contribution >= 4 is 38.5 Å². The quantitative estimate of drug-likeness (QED) is 0.342. The predicted octanol–water partition coefficient (Wildman–Crippen LogP) is 4.30. The lowest BCUT2D eigenvalue weighted by Gasteiger charge is -2.09. The van der Waals surface area contributed by atoms with Gasteiger partial charge in [-0.1, -0.05) is 23.5 Å². The van der Waals surface area contributed by atoms with Crippen LogP contribution in [-0.4, -0.2) is 31.6 Å². The summed E-state index contributed by atoms with van der Waals surface area (Å²) in [6, 6.07) is 14.9. The zero-order chi connectivity index (χ0) is 25.2. The molecule has 0 fully saturated rings. The maximum atomic E-state index is 14.7. The summed E-state index contributed by atoms with van der Waals surface area (Å²) in [5.41, 5.74) is 8.46. The van der Waals surface area contributed by atoms with Gasteiger partial charge in [0, 0.05) is 25.0 Å². The van der Waals surface area contributed by atoms with Gasteiger partial charge in [-0.05, 0) is 48.0 Å². The zero-order valence-corrected chi connectivity index (χ0v) is 19.8. The number of anilines is 1. The molecule has 0 radical (unpaired) electrons. The van der Waals surface area contributed by atoms with E-state index in [2.05, 4.69) is 20.4 Å². The molecule has 5 rings (SSSR count). The van der Waals surface area contributed by atoms with Crippen LogP contribution in [0.4, 0.5) is 9.52 Å². The molecule has 3 aromatic heterocycles. The van der Waals surface area contributed by atoms with Gasteiger partial charge in [-0.2, -0.15) is 5.10 Å². The molecule has 0 saturated heterocycles. The van der Waals surface area contributed by atoms with Crippen molar-refractivity contribution < 1.29 is 18.7 Å². The Kier molecular flexibility index (Phi) is 6.13. The molecule has 9 nitrogen and oxygen atoms in total. The molecule has 0 spiro atoms. The van der Waals surface area contributed by atoms with E-state index in [1.165, 1.54) is 41.8 Å². The van der Waals surface area contributed by atoms with Gasteiger partial charge in [0.25, 0.3) is 5.91 Å². The van der Waals surface area contributed by atoms with Gasteiger partial charge in [-0.15, -0.1) is 0 Å². The van der Waals surface area contributed by atoms with Gasteiger partial charge in [0.2, 0.25) is 11.8 Å². The molecule has 36 heavy (non-hydrogen) atoms. The number of rotatable bonds is 7. The molecule has 180 valence electrons. The highest BCUT2D eigenvalue weighted by atomic mass is 32.1. The summed E-state index contributed by atoms with van der Waals surface area (Å²) in [7, 11) is 1.87. The van der Waals surface area contributed by atoms with Gasteiger partial charge in [0.1, 0.15) is 5.56 Å². The number of primary amides is 1. The molecule has 3 heterocycles. The lowest BCUT2D eigenvalue weighted by atomic mass is 10.1. The fraction of sp³-hybridized carbons (Fsp3) is 0.0800. The van der Waals surface area contributed by atoms with Crippen LogP contribution < -0.4 is 15.8 Å². The average Bonchev–Trinajstić information content (AvgIpc) is 3.45. The summed E-state index contributed by atoms with van der Waals surface area (Å²) in [6.45, 7) is 0. The van der Waals surface area contributed by atoms with Crippen LogP contribution in [0.15, 0.2) is 67.0 Å². The standard InChI is InChI=1S/C25H19FN6O3S/c1-32-19(8-10-29-32)15-5-7-21-18(13-15)30-25(36-21)31-22(33)12-14-4-6-20(17(26)11-14)35-24-16(23(27)34)3-2-9-28-24/h2-11,13H,12H2,1H3,(H2,27,34)(H,30,31,33). The molecule has 3 N–H and O–H groups in total. The second-order valence-electron chi connectivity index (χ2n) is 7.85. The number of benzene rings is 2. The highest BCUT2D eigenvalue weighted by molar-refractivity contribution is 7.22. The monoisotopic (exact) mass is 502 g/mol. The van der Waals surface area contributed by atoms with Crippen molar-refractivity contribution in [2.24, 2.45) is 12.8 Å². The van der Waals surface area contributed by atoms with E-state index in [-0.39, 0.29) is 29.5 Å². The number of pyridine rings is 1. The molecule has 11 heteroatoms. The summed E-state index contributed by atoms with van der Waals surface area (Å²) >= 11 is 1.35. The number of nitrogens with one attached hydrogen (secondary N) is 1. The number of nitrogens with two attached hydrogens (primary N) is 1. The molecule has 0 atom stereocenters. The summed E-state index contributed by atoms with van der Waals surface area (Å²) in [5.74, 6) is -2.03. The van der Waals surface area contributed by atoms with E-state index in [9.17, 15) is 14.0 Å². The maximum absolute atomic E-state index is 14.7. The van der Waals surface area contributed by atoms with E-state index in [1.54, 1.807) is 16.9 Å². The molecular formula is C25H19FN6O3S. The highest BCUT2D eigenvalue weighted by Gasteiger charge is 2.15. The molecule has 0 aliphatic rings. The molecule has 0 aliphatic carbocycles. The van der Waals surface area contributed by atoms with Crippen LogP contribution in [0.3, 0.4) is 0 Å². The molecule has 5 aromatic rings. The van der Waals surface area contributed by atoms with Gasteiger partial charge in [-0.3, -0.25) is 14.3 Å². The van der Waals surface area contributed by atoms with E-state index in [4.69, 9.17) is 10.5 Å². The smallest absolute Gasteiger partial charge is 0.254 e. The number of carbonyl (C=O) groups excluding carboxylic acids is 2. The van der Waals surface area contributed by atoms with Gasteiger partial charge < -0.3 is 15.8 Å². The van der Waals surface area contributed by atoms with E-state index >= 15 is 0 Å². The van der Waals surface area contributed by atoms with Crippen molar-refractivity contribution in [1.29, 1.82) is 0 Å². The normalized spacial score (nSPS) is 10.9. The molecule has 0 unspecified atom stereocenters. The average molecular weight is 503 g/mol. The third kappa shape index (κ3) is 4.77. The van der Waals surface area contributed by atoms with Crippen molar-refractivity contribution in [2.45, 2.75) is 6.42 Å². The minimum atomic E-state index is -0.741. The number of ether oxygens (including phenoxy) is 1. The number of thiazole rings is 1. The lowest BCUT2D eigenvalue weighted by Crippen LogP contribution is -2.14. The largest absolute Gasteiger partial charge is 0.435 e. The molecule has 2 aromatic carbocycles. The first-order chi connectivity index (χ1) is 17.4. The summed E-state index contributed by atoms with van der Waals surface area (Å²) in [4.78, 5) is 32.6. The molecule has 0 saturated carbocycles. The Morgan fingerprint density at radius 2 is 2.00 bits per heavy atom. The van der Waals surface area contributed by atoms with Crippen LogP contribution in [0, 0.1) is 5.82 Å². The molecule has 2 amide bonds. The van der Waals surface area contributed by atoms with Crippen LogP contribution in [0.5, 0.6) is 11.6 Å². The van der Waals surface area contributed by atoms with E-state index in [0.717, 1.165) is 21.5 Å². The van der Waals surface area contributed by atoms with Crippen molar-refractivity contribution in [1.82, 2.24) is 19.7 Å². The SMILES string of the molecule is Cn1nccc1-c1ccc2sc(NC(=O)Cc3ccc(Oc4ncccc4C(N)=O)c(F)c3)nc2c1. The van der Waals surface area contributed by atoms with Crippen LogP contribution in [0.1, 0.15) is 15.9 Å². The van der Waals surface area contributed by atoms with E-state index in [0.29, 0.717) is 10.7 Å². The highest BCUT2D eigenvalue weighted by Crippen LogP contribution is 2.30. The van der Waals surface area contributed by atoms with Crippen molar-refractivity contribution in [3.05, 3.63) is 83.9 Å². The van der Waals surface area contributed by atoms with Crippen LogP contribution in [-0.2, 0) is 18.3 Å². The molecule has 0 bridgehead atoms. The summed E-state index contributed by atoms with van der Waals surface area (Å²) < 4.78 is 22.8. The lowest BCUT2D eigenvalue weighted by molar-refractivity contribution is -0.115. The van der Waals surface area contributed by atoms with Gasteiger partial charge in [0.05, 0.1) is 22.3 Å². The number of halogens is 1. The number of hydrogen-bond acceptors (Lipinski definition) is 7. The first-order valence-electron chi connectivity index (χ1n) is 10.8. The fourth-order valence-electron chi connectivity index (χ4n) is 3.65. The first kappa shape index (κ1) is 23.1. The number of aryl methyl sites for hydroxylation is 1. The Morgan fingerprint density at radius 1 is 1.14 bits per heavy atom.